The molecule has 2 saturated heterocycles. The summed E-state index contributed by atoms with van der Waals surface area (Å²) in [4.78, 5) is 27.4. The number of piperazine rings is 1. The maximum atomic E-state index is 13.6. The molecule has 0 radical (unpaired) electrons. The summed E-state index contributed by atoms with van der Waals surface area (Å²) in [5.74, 6) is 0.814. The van der Waals surface area contributed by atoms with Gasteiger partial charge in [0.15, 0.2) is 0 Å². The van der Waals surface area contributed by atoms with Crippen molar-refractivity contribution < 1.29 is 9.53 Å². The first-order valence-corrected chi connectivity index (χ1v) is 13.7. The Kier molecular flexibility index (Phi) is 7.53. The average molecular weight is 526 g/mol. The third kappa shape index (κ3) is 5.80. The Bertz CT molecular complexity index is 1360. The number of pyridine rings is 2. The van der Waals surface area contributed by atoms with Crippen molar-refractivity contribution >= 4 is 28.7 Å². The van der Waals surface area contributed by atoms with Crippen molar-refractivity contribution in [2.75, 3.05) is 74.6 Å². The fourth-order valence-electron chi connectivity index (χ4n) is 5.43. The average Bonchev–Trinajstić information content (AvgIpc) is 2.98. The summed E-state index contributed by atoms with van der Waals surface area (Å²) in [5, 5.41) is 9.89. The van der Waals surface area contributed by atoms with Crippen molar-refractivity contribution in [3.05, 3.63) is 71.7 Å². The van der Waals surface area contributed by atoms with E-state index in [2.05, 4.69) is 60.0 Å². The molecular weight excluding hydrogens is 490 g/mol. The minimum Gasteiger partial charge on any atom is -0.381 e. The molecule has 0 saturated carbocycles. The number of fused-ring (bicyclic) bond motifs is 1. The topological polar surface area (TPSA) is 94.7 Å². The molecule has 3 aliphatic rings. The molecule has 0 spiro atoms. The van der Waals surface area contributed by atoms with Crippen LogP contribution in [0.15, 0.2) is 60.6 Å². The first kappa shape index (κ1) is 25.5. The van der Waals surface area contributed by atoms with Crippen LogP contribution in [-0.2, 0) is 16.1 Å². The number of hydrogen-bond donors (Lipinski definition) is 3. The van der Waals surface area contributed by atoms with Crippen LogP contribution in [0.25, 0.3) is 16.7 Å². The van der Waals surface area contributed by atoms with Gasteiger partial charge in [0, 0.05) is 87.1 Å². The number of rotatable bonds is 6. The Hall–Kier alpha value is -3.79. The van der Waals surface area contributed by atoms with Crippen LogP contribution < -0.4 is 20.9 Å². The number of ether oxygens (including phenoxy) is 1. The van der Waals surface area contributed by atoms with Gasteiger partial charge in [0.25, 0.3) is 5.91 Å². The summed E-state index contributed by atoms with van der Waals surface area (Å²) in [6.07, 6.45) is 5.57. The van der Waals surface area contributed by atoms with Gasteiger partial charge >= 0.3 is 0 Å². The number of hydrogen-bond acceptors (Lipinski definition) is 8. The van der Waals surface area contributed by atoms with Gasteiger partial charge in [-0.25, -0.2) is 4.98 Å². The largest absolute Gasteiger partial charge is 0.381 e. The van der Waals surface area contributed by atoms with Crippen molar-refractivity contribution in [2.24, 2.45) is 0 Å². The van der Waals surface area contributed by atoms with Crippen LogP contribution in [0.3, 0.4) is 0 Å². The molecule has 0 aliphatic carbocycles. The molecule has 2 fully saturated rings. The molecule has 0 unspecified atom stereocenters. The normalized spacial score (nSPS) is 17.9. The maximum absolute atomic E-state index is 13.6. The van der Waals surface area contributed by atoms with Crippen LogP contribution in [-0.4, -0.2) is 79.8 Å². The van der Waals surface area contributed by atoms with E-state index in [0.717, 1.165) is 92.8 Å². The van der Waals surface area contributed by atoms with Crippen LogP contribution in [0.5, 0.6) is 0 Å². The Morgan fingerprint density at radius 2 is 1.85 bits per heavy atom. The van der Waals surface area contributed by atoms with E-state index in [0.29, 0.717) is 17.8 Å². The smallest absolute Gasteiger partial charge is 0.256 e. The minimum atomic E-state index is -0.122. The Balaban J connectivity index is 1.21. The van der Waals surface area contributed by atoms with E-state index < -0.39 is 0 Å². The number of aromatic nitrogens is 2. The van der Waals surface area contributed by atoms with Crippen LogP contribution in [0, 0.1) is 0 Å². The standard InChI is InChI=1S/C30H35N7O2/c1-21-16-33-27-4-2-23(24-14-22(17-32-18-24)20-36-10-12-39-13-11-36)15-26(27)29(21)30(38)35-25-3-5-28(34-19-25)37-8-6-31-7-9-37/h2-5,14-15,17-19,31,33H,6-13,16,20H2,1H3,(H,35,38). The highest BCUT2D eigenvalue weighted by molar-refractivity contribution is 6.27. The molecule has 202 valence electrons. The lowest BCUT2D eigenvalue weighted by Gasteiger charge is -2.28. The molecule has 2 aromatic heterocycles. The lowest BCUT2D eigenvalue weighted by molar-refractivity contribution is -0.111. The minimum absolute atomic E-state index is 0.122. The third-order valence-electron chi connectivity index (χ3n) is 7.57. The Morgan fingerprint density at radius 1 is 1.00 bits per heavy atom. The molecule has 3 N–H and O–H groups in total. The fourth-order valence-corrected chi connectivity index (χ4v) is 5.43. The lowest BCUT2D eigenvalue weighted by Crippen LogP contribution is -2.43. The summed E-state index contributed by atoms with van der Waals surface area (Å²) in [6.45, 7) is 10.7. The van der Waals surface area contributed by atoms with Gasteiger partial charge in [-0.2, -0.15) is 0 Å². The highest BCUT2D eigenvalue weighted by Crippen LogP contribution is 2.35. The van der Waals surface area contributed by atoms with Crippen molar-refractivity contribution in [1.29, 1.82) is 0 Å². The van der Waals surface area contributed by atoms with Gasteiger partial charge in [-0.1, -0.05) is 6.07 Å². The molecular formula is C30H35N7O2. The summed E-state index contributed by atoms with van der Waals surface area (Å²) in [7, 11) is 0. The van der Waals surface area contributed by atoms with Crippen molar-refractivity contribution in [3.63, 3.8) is 0 Å². The Labute approximate surface area is 229 Å². The number of anilines is 3. The van der Waals surface area contributed by atoms with E-state index in [1.807, 2.05) is 31.5 Å². The fraction of sp³-hybridized carbons (Fsp3) is 0.367. The molecule has 9 heteroatoms. The number of nitrogens with one attached hydrogen (secondary N) is 3. The van der Waals surface area contributed by atoms with Crippen LogP contribution in [0.4, 0.5) is 17.2 Å². The van der Waals surface area contributed by atoms with E-state index in [1.54, 1.807) is 6.20 Å². The molecule has 1 aromatic carbocycles. The second kappa shape index (κ2) is 11.5. The van der Waals surface area contributed by atoms with Crippen molar-refractivity contribution in [1.82, 2.24) is 20.2 Å². The number of amides is 1. The molecule has 1 amide bonds. The molecule has 5 heterocycles. The van der Waals surface area contributed by atoms with Crippen LogP contribution in [0.2, 0.25) is 0 Å². The molecule has 39 heavy (non-hydrogen) atoms. The van der Waals surface area contributed by atoms with Crippen molar-refractivity contribution in [3.8, 4) is 11.1 Å². The number of nitrogens with zero attached hydrogens (tertiary/aromatic N) is 4. The predicted octanol–water partition coefficient (Wildman–Crippen LogP) is 3.22. The summed E-state index contributed by atoms with van der Waals surface area (Å²) in [5.41, 5.74) is 7.50. The maximum Gasteiger partial charge on any atom is 0.256 e. The molecule has 6 rings (SSSR count). The zero-order chi connectivity index (χ0) is 26.6. The van der Waals surface area contributed by atoms with Crippen molar-refractivity contribution in [2.45, 2.75) is 13.5 Å². The van der Waals surface area contributed by atoms with E-state index in [4.69, 9.17) is 4.74 Å². The second-order valence-corrected chi connectivity index (χ2v) is 10.3. The quantitative estimate of drug-likeness (QED) is 0.452. The molecule has 0 atom stereocenters. The van der Waals surface area contributed by atoms with Gasteiger partial charge in [-0.3, -0.25) is 14.7 Å². The SMILES string of the molecule is CC1=C(C(=O)Nc2ccc(N3CCNCC3)nc2)c2cc(-c3cncc(CN4CCOCC4)c3)ccc2NC1. The van der Waals surface area contributed by atoms with E-state index in [1.165, 1.54) is 5.56 Å². The monoisotopic (exact) mass is 525 g/mol. The van der Waals surface area contributed by atoms with Crippen LogP contribution in [0.1, 0.15) is 18.1 Å². The zero-order valence-corrected chi connectivity index (χ0v) is 22.4. The summed E-state index contributed by atoms with van der Waals surface area (Å²) >= 11 is 0. The summed E-state index contributed by atoms with van der Waals surface area (Å²) in [6, 6.07) is 12.4. The Morgan fingerprint density at radius 3 is 2.64 bits per heavy atom. The number of morpholine rings is 1. The van der Waals surface area contributed by atoms with Gasteiger partial charge in [-0.15, -0.1) is 0 Å². The first-order chi connectivity index (χ1) is 19.1. The van der Waals surface area contributed by atoms with E-state index in [-0.39, 0.29) is 5.91 Å². The molecule has 0 bridgehead atoms. The third-order valence-corrected chi connectivity index (χ3v) is 7.57. The van der Waals surface area contributed by atoms with Gasteiger partial charge in [0.2, 0.25) is 0 Å². The van der Waals surface area contributed by atoms with Gasteiger partial charge in [-0.05, 0) is 54.0 Å². The molecule has 9 nitrogen and oxygen atoms in total. The van der Waals surface area contributed by atoms with Gasteiger partial charge < -0.3 is 25.6 Å². The highest BCUT2D eigenvalue weighted by Gasteiger charge is 2.23. The second-order valence-electron chi connectivity index (χ2n) is 10.3. The molecule has 3 aliphatic heterocycles. The van der Waals surface area contributed by atoms with E-state index >= 15 is 0 Å². The first-order valence-electron chi connectivity index (χ1n) is 13.7. The van der Waals surface area contributed by atoms with Gasteiger partial charge in [0.1, 0.15) is 5.82 Å². The lowest BCUT2D eigenvalue weighted by atomic mass is 9.91. The number of carbonyl (C=O) groups is 1. The van der Waals surface area contributed by atoms with Crippen LogP contribution >= 0.6 is 0 Å². The zero-order valence-electron chi connectivity index (χ0n) is 22.4. The van der Waals surface area contributed by atoms with E-state index in [9.17, 15) is 4.79 Å². The highest BCUT2D eigenvalue weighted by atomic mass is 16.5. The number of benzene rings is 1. The number of carbonyl (C=O) groups excluding carboxylic acids is 1. The summed E-state index contributed by atoms with van der Waals surface area (Å²) < 4.78 is 5.48. The predicted molar refractivity (Wildman–Crippen MR) is 155 cm³/mol. The van der Waals surface area contributed by atoms with Gasteiger partial charge in [0.05, 0.1) is 25.1 Å². The molecule has 3 aromatic rings.